The van der Waals surface area contributed by atoms with Gasteiger partial charge in [-0.2, -0.15) is 5.10 Å². The molecule has 0 bridgehead atoms. The molecule has 0 aromatic carbocycles. The molecule has 0 aliphatic carbocycles. The number of rotatable bonds is 0. The lowest BCUT2D eigenvalue weighted by atomic mass is 10.4. The number of nitrogens with zero attached hydrogens (tertiary/aromatic N) is 2. The summed E-state index contributed by atoms with van der Waals surface area (Å²) >= 11 is 0. The summed E-state index contributed by atoms with van der Waals surface area (Å²) in [6.07, 6.45) is 3.75. The molecule has 0 amide bonds. The Bertz CT molecular complexity index is 142. The molecule has 0 spiro atoms. The summed E-state index contributed by atoms with van der Waals surface area (Å²) < 4.78 is 1.70. The Kier molecular flexibility index (Phi) is 1.11. The van der Waals surface area contributed by atoms with Gasteiger partial charge in [-0.1, -0.05) is 0 Å². The number of hydrogen-bond acceptors (Lipinski definition) is 1. The minimum atomic E-state index is 1.19. The fraction of sp³-hybridized carbons (Fsp3) is 0.250. The Labute approximate surface area is 44.8 Å². The Morgan fingerprint density at radius 3 is 2.71 bits per heavy atom. The smallest absolute Gasteiger partial charge is 0.0521 e. The number of hydrogen-bond donors (Lipinski definition) is 0. The van der Waals surface area contributed by atoms with Gasteiger partial charge in [0, 0.05) is 6.20 Å². The highest BCUT2D eigenvalue weighted by Crippen LogP contribution is 1.95. The van der Waals surface area contributed by atoms with Crippen molar-refractivity contribution < 1.29 is 0 Å². The van der Waals surface area contributed by atoms with Gasteiger partial charge in [0.05, 0.1) is 6.20 Å². The Morgan fingerprint density at radius 1 is 1.86 bits per heavy atom. The van der Waals surface area contributed by atoms with Crippen molar-refractivity contribution in [2.24, 2.45) is 0 Å². The van der Waals surface area contributed by atoms with Crippen molar-refractivity contribution in [3.8, 4) is 0 Å². The lowest BCUT2D eigenvalue weighted by Gasteiger charge is -1.78. The Balaban J connectivity index is 3.04. The van der Waals surface area contributed by atoms with E-state index in [4.69, 9.17) is 0 Å². The summed E-state index contributed by atoms with van der Waals surface area (Å²) in [5.74, 6) is 0. The fourth-order valence-electron chi connectivity index (χ4n) is 0.433. The highest BCUT2D eigenvalue weighted by Gasteiger charge is 1.81. The van der Waals surface area contributed by atoms with Crippen molar-refractivity contribution in [2.75, 3.05) is 0 Å². The second-order valence-electron chi connectivity index (χ2n) is 1.50. The van der Waals surface area contributed by atoms with E-state index < -0.39 is 0 Å². The van der Waals surface area contributed by atoms with Crippen LogP contribution in [0.5, 0.6) is 0 Å². The van der Waals surface area contributed by atoms with Gasteiger partial charge < -0.3 is 0 Å². The first kappa shape index (κ1) is 4.79. The zero-order chi connectivity index (χ0) is 5.28. The summed E-state index contributed by atoms with van der Waals surface area (Å²) in [4.78, 5) is 0. The standard InChI is InChI=1S/C4H7N2P/c1-4-2-5-6(7)3-4/h2-3H,7H2,1H3. The SMILES string of the molecule is Cc1cnn(P)c1. The van der Waals surface area contributed by atoms with Crippen LogP contribution < -0.4 is 0 Å². The maximum atomic E-state index is 3.90. The molecule has 1 aromatic heterocycles. The van der Waals surface area contributed by atoms with E-state index in [1.807, 2.05) is 19.3 Å². The van der Waals surface area contributed by atoms with Gasteiger partial charge in [0.15, 0.2) is 0 Å². The van der Waals surface area contributed by atoms with Crippen molar-refractivity contribution in [3.63, 3.8) is 0 Å². The van der Waals surface area contributed by atoms with Crippen LogP contribution in [0.4, 0.5) is 0 Å². The lowest BCUT2D eigenvalue weighted by Crippen LogP contribution is -1.72. The number of aromatic nitrogens is 2. The summed E-state index contributed by atoms with van der Waals surface area (Å²) in [6.45, 7) is 2.01. The molecule has 1 unspecified atom stereocenters. The maximum Gasteiger partial charge on any atom is 0.0521 e. The molecule has 38 valence electrons. The zero-order valence-electron chi connectivity index (χ0n) is 4.13. The minimum absolute atomic E-state index is 1.19. The van der Waals surface area contributed by atoms with Crippen LogP contribution in [0.2, 0.25) is 0 Å². The lowest BCUT2D eigenvalue weighted by molar-refractivity contribution is 1.01. The van der Waals surface area contributed by atoms with E-state index in [2.05, 4.69) is 14.5 Å². The first-order valence-electron chi connectivity index (χ1n) is 2.05. The van der Waals surface area contributed by atoms with Gasteiger partial charge in [-0.15, -0.1) is 0 Å². The van der Waals surface area contributed by atoms with Crippen LogP contribution in [0, 0.1) is 6.92 Å². The normalized spacial score (nSPS) is 9.43. The quantitative estimate of drug-likeness (QED) is 0.457. The molecule has 0 fully saturated rings. The molecule has 1 atom stereocenters. The molecule has 2 nitrogen and oxygen atoms in total. The van der Waals surface area contributed by atoms with E-state index in [0.29, 0.717) is 0 Å². The van der Waals surface area contributed by atoms with Gasteiger partial charge in [-0.3, -0.25) is 4.45 Å². The van der Waals surface area contributed by atoms with Gasteiger partial charge >= 0.3 is 0 Å². The van der Waals surface area contributed by atoms with E-state index in [0.717, 1.165) is 0 Å². The van der Waals surface area contributed by atoms with E-state index >= 15 is 0 Å². The predicted octanol–water partition coefficient (Wildman–Crippen LogP) is 0.830. The molecule has 1 aromatic rings. The largest absolute Gasteiger partial charge is 0.258 e. The van der Waals surface area contributed by atoms with Crippen molar-refractivity contribution >= 4 is 9.39 Å². The average Bonchev–Trinajstić information content (AvgIpc) is 1.87. The average molecular weight is 114 g/mol. The van der Waals surface area contributed by atoms with Gasteiger partial charge in [-0.05, 0) is 21.9 Å². The monoisotopic (exact) mass is 114 g/mol. The molecule has 1 heterocycles. The van der Waals surface area contributed by atoms with E-state index in [1.165, 1.54) is 5.56 Å². The van der Waals surface area contributed by atoms with Crippen LogP contribution in [0.15, 0.2) is 12.4 Å². The topological polar surface area (TPSA) is 17.8 Å². The third kappa shape index (κ3) is 1.00. The summed E-state index contributed by atoms with van der Waals surface area (Å²) in [7, 11) is 2.46. The first-order valence-corrected chi connectivity index (χ1v) is 2.57. The third-order valence-corrected chi connectivity index (χ3v) is 1.01. The van der Waals surface area contributed by atoms with Crippen molar-refractivity contribution in [3.05, 3.63) is 18.0 Å². The van der Waals surface area contributed by atoms with Crippen LogP contribution in [-0.4, -0.2) is 9.55 Å². The van der Waals surface area contributed by atoms with Crippen molar-refractivity contribution in [1.29, 1.82) is 0 Å². The van der Waals surface area contributed by atoms with Crippen LogP contribution in [0.3, 0.4) is 0 Å². The second kappa shape index (κ2) is 1.63. The fourth-order valence-corrected chi connectivity index (χ4v) is 0.735. The van der Waals surface area contributed by atoms with Crippen molar-refractivity contribution in [2.45, 2.75) is 6.92 Å². The summed E-state index contributed by atoms with van der Waals surface area (Å²) in [5.41, 5.74) is 1.19. The molecule has 0 saturated heterocycles. The van der Waals surface area contributed by atoms with Gasteiger partial charge in [-0.25, -0.2) is 0 Å². The Hall–Kier alpha value is -0.360. The van der Waals surface area contributed by atoms with Crippen LogP contribution in [-0.2, 0) is 0 Å². The third-order valence-electron chi connectivity index (χ3n) is 0.731. The first-order chi connectivity index (χ1) is 3.29. The highest BCUT2D eigenvalue weighted by atomic mass is 31.0. The number of aryl methyl sites for hydroxylation is 1. The highest BCUT2D eigenvalue weighted by molar-refractivity contribution is 7.14. The molecular formula is C4H7N2P. The van der Waals surface area contributed by atoms with Crippen molar-refractivity contribution in [1.82, 2.24) is 9.55 Å². The van der Waals surface area contributed by atoms with Gasteiger partial charge in [0.2, 0.25) is 0 Å². The molecule has 0 saturated carbocycles. The molecule has 0 aliphatic rings. The summed E-state index contributed by atoms with van der Waals surface area (Å²) in [6, 6.07) is 0. The van der Waals surface area contributed by atoms with E-state index in [1.54, 1.807) is 4.45 Å². The Morgan fingerprint density at radius 2 is 2.57 bits per heavy atom. The molecule has 7 heavy (non-hydrogen) atoms. The van der Waals surface area contributed by atoms with Crippen LogP contribution >= 0.6 is 9.39 Å². The van der Waals surface area contributed by atoms with Crippen LogP contribution in [0.1, 0.15) is 5.56 Å². The van der Waals surface area contributed by atoms with Crippen LogP contribution in [0.25, 0.3) is 0 Å². The van der Waals surface area contributed by atoms with E-state index in [9.17, 15) is 0 Å². The minimum Gasteiger partial charge on any atom is -0.258 e. The van der Waals surface area contributed by atoms with Gasteiger partial charge in [0.1, 0.15) is 0 Å². The molecular weight excluding hydrogens is 107 g/mol. The van der Waals surface area contributed by atoms with E-state index in [-0.39, 0.29) is 0 Å². The predicted molar refractivity (Wildman–Crippen MR) is 32.1 cm³/mol. The molecule has 0 N–H and O–H groups in total. The maximum absolute atomic E-state index is 3.90. The summed E-state index contributed by atoms with van der Waals surface area (Å²) in [5, 5.41) is 3.90. The molecule has 1 rings (SSSR count). The zero-order valence-corrected chi connectivity index (χ0v) is 5.28. The molecule has 3 heteroatoms. The molecule has 0 aliphatic heterocycles. The molecule has 0 radical (unpaired) electrons. The van der Waals surface area contributed by atoms with Gasteiger partial charge in [0.25, 0.3) is 0 Å². The second-order valence-corrected chi connectivity index (χ2v) is 2.03.